The Labute approximate surface area is 370 Å². The molecule has 0 amide bonds. The number of hydrogen-bond acceptors (Lipinski definition) is 7. The molecule has 0 saturated carbocycles. The number of aliphatic hydroxyl groups excluding tert-OH is 1. The average molecular weight is 1110 g/mol. The van der Waals surface area contributed by atoms with Crippen LogP contribution in [0.1, 0.15) is 37.3 Å². The molecule has 3 rings (SSSR count). The lowest BCUT2D eigenvalue weighted by Crippen LogP contribution is -2.23. The van der Waals surface area contributed by atoms with Crippen molar-refractivity contribution in [3.63, 3.8) is 0 Å². The number of ether oxygens (including phenoxy) is 5. The zero-order valence-electron chi connectivity index (χ0n) is 31.0. The topological polar surface area (TPSA) is 83.5 Å². The van der Waals surface area contributed by atoms with Crippen LogP contribution in [0.5, 0.6) is 0 Å². The van der Waals surface area contributed by atoms with Gasteiger partial charge in [0.15, 0.2) is 6.29 Å². The molecule has 1 heterocycles. The first kappa shape index (κ1) is 54.3. The summed E-state index contributed by atoms with van der Waals surface area (Å²) >= 11 is 17.7. The van der Waals surface area contributed by atoms with E-state index in [-0.39, 0.29) is 18.9 Å². The van der Waals surface area contributed by atoms with Crippen molar-refractivity contribution in [2.24, 2.45) is 0 Å². The Morgan fingerprint density at radius 1 is 0.717 bits per heavy atom. The van der Waals surface area contributed by atoms with Crippen LogP contribution < -0.4 is 0 Å². The molecule has 0 aliphatic carbocycles. The van der Waals surface area contributed by atoms with Crippen LogP contribution in [-0.4, -0.2) is 82.0 Å². The number of esters is 1. The van der Waals surface area contributed by atoms with E-state index in [1.807, 2.05) is 48.5 Å². The highest BCUT2D eigenvalue weighted by Crippen LogP contribution is 2.14. The molecular formula is C41H57Cl2I3O7. The fourth-order valence-corrected chi connectivity index (χ4v) is 4.06. The van der Waals surface area contributed by atoms with Gasteiger partial charge in [-0.05, 0) is 58.3 Å². The molecule has 1 aliphatic heterocycles. The molecular weight excluding hydrogens is 1060 g/mol. The minimum absolute atomic E-state index is 0.0290. The number of alkyl halides is 5. The average Bonchev–Trinajstić information content (AvgIpc) is 3.20. The van der Waals surface area contributed by atoms with Crippen molar-refractivity contribution >= 4 is 96.9 Å². The van der Waals surface area contributed by atoms with E-state index < -0.39 is 0 Å². The number of carbonyl (C=O) groups excluding carboxylic acids is 1. The van der Waals surface area contributed by atoms with Gasteiger partial charge in [0.05, 0.1) is 39.6 Å². The number of hydrogen-bond donors (Lipinski definition) is 1. The molecule has 298 valence electrons. The summed E-state index contributed by atoms with van der Waals surface area (Å²) in [6.45, 7) is 24.3. The van der Waals surface area contributed by atoms with Crippen LogP contribution in [0.4, 0.5) is 0 Å². The van der Waals surface area contributed by atoms with Crippen molar-refractivity contribution in [1.82, 2.24) is 0 Å². The summed E-state index contributed by atoms with van der Waals surface area (Å²) in [5.41, 5.74) is 7.16. The number of halogens is 5. The van der Waals surface area contributed by atoms with Crippen molar-refractivity contribution in [2.75, 3.05) is 64.7 Å². The van der Waals surface area contributed by atoms with Crippen molar-refractivity contribution < 1.29 is 33.6 Å². The zero-order valence-corrected chi connectivity index (χ0v) is 39.0. The van der Waals surface area contributed by atoms with E-state index in [2.05, 4.69) is 118 Å². The summed E-state index contributed by atoms with van der Waals surface area (Å²) in [6.07, 6.45) is 3.31. The maximum atomic E-state index is 10.2. The first-order chi connectivity index (χ1) is 25.4. The van der Waals surface area contributed by atoms with Gasteiger partial charge in [0.1, 0.15) is 6.61 Å². The summed E-state index contributed by atoms with van der Waals surface area (Å²) in [4.78, 5) is 10.2. The molecule has 1 saturated heterocycles. The lowest BCUT2D eigenvalue weighted by Gasteiger charge is -2.22. The second-order valence-corrected chi connectivity index (χ2v) is 14.2. The molecule has 0 spiro atoms. The fraction of sp³-hybridized carbons (Fsp3) is 0.439. The number of rotatable bonds is 19. The Morgan fingerprint density at radius 2 is 1.17 bits per heavy atom. The molecule has 2 aromatic carbocycles. The Morgan fingerprint density at radius 3 is 1.55 bits per heavy atom. The van der Waals surface area contributed by atoms with Gasteiger partial charge in [0, 0.05) is 38.6 Å². The highest BCUT2D eigenvalue weighted by molar-refractivity contribution is 14.1. The van der Waals surface area contributed by atoms with E-state index >= 15 is 0 Å². The number of benzene rings is 2. The lowest BCUT2D eigenvalue weighted by atomic mass is 10.2. The van der Waals surface area contributed by atoms with Gasteiger partial charge < -0.3 is 28.8 Å². The summed E-state index contributed by atoms with van der Waals surface area (Å²) in [6, 6.07) is 20.2. The Balaban J connectivity index is 0. The van der Waals surface area contributed by atoms with Crippen LogP contribution in [0.15, 0.2) is 121 Å². The van der Waals surface area contributed by atoms with Crippen LogP contribution >= 0.6 is 91.0 Å². The monoisotopic (exact) mass is 1110 g/mol. The lowest BCUT2D eigenvalue weighted by molar-refractivity contribution is -0.156. The highest BCUT2D eigenvalue weighted by Gasteiger charge is 2.13. The van der Waals surface area contributed by atoms with Gasteiger partial charge in [0.25, 0.3) is 0 Å². The van der Waals surface area contributed by atoms with Crippen LogP contribution in [0.3, 0.4) is 0 Å². The van der Waals surface area contributed by atoms with Gasteiger partial charge >= 0.3 is 5.97 Å². The minimum Gasteiger partial charge on any atom is -0.461 e. The normalized spacial score (nSPS) is 12.7. The number of aliphatic hydroxyl groups is 1. The highest BCUT2D eigenvalue weighted by atomic mass is 127. The molecule has 2 aromatic rings. The third-order valence-electron chi connectivity index (χ3n) is 6.09. The van der Waals surface area contributed by atoms with E-state index in [4.69, 9.17) is 47.3 Å². The van der Waals surface area contributed by atoms with Crippen LogP contribution in [0.2, 0.25) is 0 Å². The minimum atomic E-state index is -0.249. The summed E-state index contributed by atoms with van der Waals surface area (Å²) < 4.78 is 29.0. The number of carbonyl (C=O) groups is 1. The molecule has 0 aromatic heterocycles. The molecule has 1 unspecified atom stereocenters. The first-order valence-corrected chi connectivity index (χ1v) is 22.4. The van der Waals surface area contributed by atoms with Crippen LogP contribution in [-0.2, 0) is 41.7 Å². The van der Waals surface area contributed by atoms with Gasteiger partial charge in [-0.15, -0.1) is 23.2 Å². The molecule has 12 heteroatoms. The van der Waals surface area contributed by atoms with Crippen molar-refractivity contribution in [1.29, 1.82) is 0 Å². The molecule has 0 bridgehead atoms. The van der Waals surface area contributed by atoms with Crippen molar-refractivity contribution in [3.05, 3.63) is 133 Å². The maximum absolute atomic E-state index is 10.2. The Hall–Kier alpha value is -0.820. The molecule has 1 N–H and O–H groups in total. The standard InChI is InChI=1S/C11H13ClO.C11H13IO.C9H15ClO2.C6H9IO2.C4H7IO/c2*1-10(7-12)8-13-9-11-5-3-2-4-6-11;1-8(6-10)7-12-9-4-2-3-5-11-9;1-5(3-7)4-9-6(2)8;1-4(2-5)3-6/h2*2-6H,1,7-9H2;9H,1-7H2;1,3-4H2,2H3;6H,1-3H2. The van der Waals surface area contributed by atoms with Crippen molar-refractivity contribution in [3.8, 4) is 0 Å². The van der Waals surface area contributed by atoms with E-state index in [9.17, 15) is 4.79 Å². The molecule has 1 aliphatic rings. The van der Waals surface area contributed by atoms with Crippen LogP contribution in [0, 0.1) is 0 Å². The molecule has 0 radical (unpaired) electrons. The SMILES string of the molecule is C=C(CCl)COC1CCCCO1.C=C(CCl)COCc1ccccc1.C=C(CI)COC(C)=O.C=C(CI)COCc1ccccc1.C=C(CO)CI. The summed E-state index contributed by atoms with van der Waals surface area (Å²) in [5, 5.41) is 8.23. The fourth-order valence-electron chi connectivity index (χ4n) is 3.23. The van der Waals surface area contributed by atoms with Crippen LogP contribution in [0.25, 0.3) is 0 Å². The van der Waals surface area contributed by atoms with E-state index in [1.165, 1.54) is 24.5 Å². The van der Waals surface area contributed by atoms with Crippen molar-refractivity contribution in [2.45, 2.75) is 45.7 Å². The van der Waals surface area contributed by atoms with Gasteiger partial charge in [-0.2, -0.15) is 0 Å². The Bertz CT molecular complexity index is 1200. The quantitative estimate of drug-likeness (QED) is 0.0649. The first-order valence-electron chi connectivity index (χ1n) is 16.8. The zero-order chi connectivity index (χ0) is 40.1. The molecule has 1 fully saturated rings. The maximum Gasteiger partial charge on any atom is 0.302 e. The Kier molecular flexibility index (Phi) is 40.4. The molecule has 53 heavy (non-hydrogen) atoms. The van der Waals surface area contributed by atoms with E-state index in [0.717, 1.165) is 60.6 Å². The summed E-state index contributed by atoms with van der Waals surface area (Å²) in [7, 11) is 0. The second-order valence-electron chi connectivity index (χ2n) is 11.4. The predicted octanol–water partition coefficient (Wildman–Crippen LogP) is 11.0. The largest absolute Gasteiger partial charge is 0.461 e. The van der Waals surface area contributed by atoms with Gasteiger partial charge in [0.2, 0.25) is 0 Å². The smallest absolute Gasteiger partial charge is 0.302 e. The molecule has 1 atom stereocenters. The van der Waals surface area contributed by atoms with Gasteiger partial charge in [-0.25, -0.2) is 0 Å². The van der Waals surface area contributed by atoms with Gasteiger partial charge in [-0.1, -0.05) is 161 Å². The van der Waals surface area contributed by atoms with E-state index in [1.54, 1.807) is 0 Å². The van der Waals surface area contributed by atoms with E-state index in [0.29, 0.717) is 51.4 Å². The predicted molar refractivity (Wildman–Crippen MR) is 249 cm³/mol. The third-order valence-corrected chi connectivity index (χ3v) is 10.1. The second kappa shape index (κ2) is 39.4. The molecule has 7 nitrogen and oxygen atoms in total. The summed E-state index contributed by atoms with van der Waals surface area (Å²) in [5.74, 6) is 0.683. The van der Waals surface area contributed by atoms with Gasteiger partial charge in [-0.3, -0.25) is 4.79 Å². The third kappa shape index (κ3) is 37.9.